The summed E-state index contributed by atoms with van der Waals surface area (Å²) in [6.45, 7) is 0.680. The summed E-state index contributed by atoms with van der Waals surface area (Å²) in [5.41, 5.74) is 0. The number of nitrogens with one attached hydrogen (secondary N) is 1. The van der Waals surface area contributed by atoms with Crippen molar-refractivity contribution >= 4 is 17.9 Å². The van der Waals surface area contributed by atoms with E-state index in [1.807, 2.05) is 0 Å². The van der Waals surface area contributed by atoms with E-state index in [4.69, 9.17) is 5.11 Å². The SMILES string of the molecule is CNC(=O)C1CCCCN1C(=O)N(C)CCC(=O)O. The maximum absolute atomic E-state index is 12.2. The number of urea groups is 1. The Kier molecular flexibility index (Phi) is 5.59. The van der Waals surface area contributed by atoms with Crippen LogP contribution in [0, 0.1) is 0 Å². The van der Waals surface area contributed by atoms with Crippen molar-refractivity contribution in [2.45, 2.75) is 31.7 Å². The molecular formula is C12H21N3O4. The number of piperidine rings is 1. The number of nitrogens with zero attached hydrogens (tertiary/aromatic N) is 2. The zero-order valence-corrected chi connectivity index (χ0v) is 11.4. The summed E-state index contributed by atoms with van der Waals surface area (Å²) in [6, 6.07) is -0.729. The molecule has 19 heavy (non-hydrogen) atoms. The smallest absolute Gasteiger partial charge is 0.320 e. The second kappa shape index (κ2) is 6.96. The number of carboxylic acids is 1. The minimum Gasteiger partial charge on any atom is -0.481 e. The Hall–Kier alpha value is -1.79. The van der Waals surface area contributed by atoms with Crippen molar-refractivity contribution in [1.29, 1.82) is 0 Å². The van der Waals surface area contributed by atoms with E-state index in [2.05, 4.69) is 5.32 Å². The first-order valence-corrected chi connectivity index (χ1v) is 6.42. The largest absolute Gasteiger partial charge is 0.481 e. The lowest BCUT2D eigenvalue weighted by Crippen LogP contribution is -2.54. The van der Waals surface area contributed by atoms with Gasteiger partial charge in [0.15, 0.2) is 0 Å². The summed E-state index contributed by atoms with van der Waals surface area (Å²) < 4.78 is 0. The van der Waals surface area contributed by atoms with E-state index in [0.717, 1.165) is 12.8 Å². The molecule has 0 radical (unpaired) electrons. The molecule has 1 unspecified atom stereocenters. The van der Waals surface area contributed by atoms with Gasteiger partial charge in [-0.05, 0) is 19.3 Å². The summed E-state index contributed by atoms with van der Waals surface area (Å²) in [4.78, 5) is 37.4. The molecule has 1 aliphatic rings. The van der Waals surface area contributed by atoms with E-state index >= 15 is 0 Å². The fourth-order valence-electron chi connectivity index (χ4n) is 2.18. The second-order valence-corrected chi connectivity index (χ2v) is 4.67. The van der Waals surface area contributed by atoms with Crippen molar-refractivity contribution < 1.29 is 19.5 Å². The third-order valence-electron chi connectivity index (χ3n) is 3.29. The molecule has 1 atom stereocenters. The van der Waals surface area contributed by atoms with Gasteiger partial charge >= 0.3 is 12.0 Å². The molecule has 108 valence electrons. The second-order valence-electron chi connectivity index (χ2n) is 4.67. The van der Waals surface area contributed by atoms with Crippen LogP contribution < -0.4 is 5.32 Å². The normalized spacial score (nSPS) is 18.8. The lowest BCUT2D eigenvalue weighted by molar-refractivity contribution is -0.137. The van der Waals surface area contributed by atoms with Gasteiger partial charge in [-0.25, -0.2) is 4.79 Å². The standard InChI is InChI=1S/C12H21N3O4/c1-13-11(18)9-5-3-4-7-15(9)12(19)14(2)8-6-10(16)17/h9H,3-8H2,1-2H3,(H,13,18)(H,16,17). The number of hydrogen-bond donors (Lipinski definition) is 2. The third-order valence-corrected chi connectivity index (χ3v) is 3.29. The first kappa shape index (κ1) is 15.3. The number of aliphatic carboxylic acids is 1. The summed E-state index contributed by atoms with van der Waals surface area (Å²) in [5.74, 6) is -1.11. The van der Waals surface area contributed by atoms with E-state index in [0.29, 0.717) is 13.0 Å². The van der Waals surface area contributed by atoms with E-state index in [1.54, 1.807) is 14.1 Å². The van der Waals surface area contributed by atoms with Crippen molar-refractivity contribution in [1.82, 2.24) is 15.1 Å². The summed E-state index contributed by atoms with van der Waals surface area (Å²) in [7, 11) is 3.11. The van der Waals surface area contributed by atoms with Crippen molar-refractivity contribution in [3.63, 3.8) is 0 Å². The number of rotatable bonds is 4. The van der Waals surface area contributed by atoms with Crippen LogP contribution in [0.5, 0.6) is 0 Å². The van der Waals surface area contributed by atoms with Crippen molar-refractivity contribution in [3.05, 3.63) is 0 Å². The maximum atomic E-state index is 12.2. The van der Waals surface area contributed by atoms with Gasteiger partial charge in [-0.2, -0.15) is 0 Å². The van der Waals surface area contributed by atoms with Crippen molar-refractivity contribution in [3.8, 4) is 0 Å². The highest BCUT2D eigenvalue weighted by molar-refractivity contribution is 5.87. The number of carbonyl (C=O) groups excluding carboxylic acids is 2. The maximum Gasteiger partial charge on any atom is 0.320 e. The Labute approximate surface area is 112 Å². The molecule has 0 aromatic carbocycles. The van der Waals surface area contributed by atoms with Gasteiger partial charge in [-0.15, -0.1) is 0 Å². The zero-order valence-electron chi connectivity index (χ0n) is 11.4. The molecule has 0 aromatic rings. The van der Waals surface area contributed by atoms with Crippen LogP contribution in [0.15, 0.2) is 0 Å². The van der Waals surface area contributed by atoms with Gasteiger partial charge in [0, 0.05) is 27.2 Å². The molecule has 1 heterocycles. The average Bonchev–Trinajstić information content (AvgIpc) is 2.42. The van der Waals surface area contributed by atoms with Gasteiger partial charge in [0.25, 0.3) is 0 Å². The molecule has 2 N–H and O–H groups in total. The molecule has 3 amide bonds. The fourth-order valence-corrected chi connectivity index (χ4v) is 2.18. The van der Waals surface area contributed by atoms with Gasteiger partial charge in [-0.3, -0.25) is 9.59 Å². The Balaban J connectivity index is 2.65. The summed E-state index contributed by atoms with van der Waals surface area (Å²) >= 11 is 0. The molecule has 1 fully saturated rings. The van der Waals surface area contributed by atoms with Crippen molar-refractivity contribution in [2.75, 3.05) is 27.2 Å². The Bertz CT molecular complexity index is 359. The van der Waals surface area contributed by atoms with E-state index < -0.39 is 12.0 Å². The van der Waals surface area contributed by atoms with E-state index in [1.165, 1.54) is 9.80 Å². The van der Waals surface area contributed by atoms with Gasteiger partial charge < -0.3 is 20.2 Å². The average molecular weight is 271 g/mol. The molecule has 1 rings (SSSR count). The quantitative estimate of drug-likeness (QED) is 0.759. The molecule has 0 aliphatic carbocycles. The number of hydrogen-bond acceptors (Lipinski definition) is 3. The minimum absolute atomic E-state index is 0.0965. The lowest BCUT2D eigenvalue weighted by Gasteiger charge is -2.36. The molecular weight excluding hydrogens is 250 g/mol. The van der Waals surface area contributed by atoms with E-state index in [9.17, 15) is 14.4 Å². The number of likely N-dealkylation sites (tertiary alicyclic amines) is 1. The summed E-state index contributed by atoms with van der Waals surface area (Å²) in [6.07, 6.45) is 2.34. The monoisotopic (exact) mass is 271 g/mol. The third kappa shape index (κ3) is 4.11. The predicted molar refractivity (Wildman–Crippen MR) is 68.7 cm³/mol. The van der Waals surface area contributed by atoms with Gasteiger partial charge in [0.1, 0.15) is 6.04 Å². The number of carbonyl (C=O) groups is 3. The van der Waals surface area contributed by atoms with Crippen LogP contribution in [0.25, 0.3) is 0 Å². The first-order chi connectivity index (χ1) is 8.97. The topological polar surface area (TPSA) is 90.0 Å². The molecule has 0 saturated carbocycles. The Morgan fingerprint density at radius 2 is 2.05 bits per heavy atom. The van der Waals surface area contributed by atoms with Gasteiger partial charge in [0.05, 0.1) is 6.42 Å². The highest BCUT2D eigenvalue weighted by atomic mass is 16.4. The molecule has 0 aromatic heterocycles. The van der Waals surface area contributed by atoms with Crippen LogP contribution in [-0.4, -0.2) is 66.0 Å². The fraction of sp³-hybridized carbons (Fsp3) is 0.750. The minimum atomic E-state index is -0.943. The molecule has 7 heteroatoms. The Morgan fingerprint density at radius 3 is 2.63 bits per heavy atom. The number of carboxylic acid groups (broad SMARTS) is 1. The van der Waals surface area contributed by atoms with E-state index in [-0.39, 0.29) is 24.9 Å². The van der Waals surface area contributed by atoms with Crippen LogP contribution in [0.1, 0.15) is 25.7 Å². The Morgan fingerprint density at radius 1 is 1.37 bits per heavy atom. The lowest BCUT2D eigenvalue weighted by atomic mass is 10.0. The molecule has 7 nitrogen and oxygen atoms in total. The highest BCUT2D eigenvalue weighted by Gasteiger charge is 2.32. The van der Waals surface area contributed by atoms with Crippen LogP contribution in [0.2, 0.25) is 0 Å². The molecule has 0 spiro atoms. The van der Waals surface area contributed by atoms with Crippen LogP contribution in [0.3, 0.4) is 0 Å². The van der Waals surface area contributed by atoms with Crippen LogP contribution in [-0.2, 0) is 9.59 Å². The van der Waals surface area contributed by atoms with Crippen LogP contribution >= 0.6 is 0 Å². The molecule has 1 aliphatic heterocycles. The highest BCUT2D eigenvalue weighted by Crippen LogP contribution is 2.18. The molecule has 1 saturated heterocycles. The van der Waals surface area contributed by atoms with Gasteiger partial charge in [0.2, 0.25) is 5.91 Å². The zero-order chi connectivity index (χ0) is 14.4. The van der Waals surface area contributed by atoms with Crippen LogP contribution in [0.4, 0.5) is 4.79 Å². The number of likely N-dealkylation sites (N-methyl/N-ethyl adjacent to an activating group) is 1. The molecule has 0 bridgehead atoms. The van der Waals surface area contributed by atoms with Crippen molar-refractivity contribution in [2.24, 2.45) is 0 Å². The predicted octanol–water partition coefficient (Wildman–Crippen LogP) is 0.113. The number of amides is 3. The summed E-state index contributed by atoms with van der Waals surface area (Å²) in [5, 5.41) is 11.2. The van der Waals surface area contributed by atoms with Gasteiger partial charge in [-0.1, -0.05) is 0 Å². The first-order valence-electron chi connectivity index (χ1n) is 6.42.